The quantitative estimate of drug-likeness (QED) is 0.295. The van der Waals surface area contributed by atoms with Gasteiger partial charge in [-0.3, -0.25) is 40.2 Å². The lowest BCUT2D eigenvalue weighted by atomic mass is 10.2. The summed E-state index contributed by atoms with van der Waals surface area (Å²) in [5.74, 6) is -0.928. The number of aromatic hydroxyl groups is 1. The van der Waals surface area contributed by atoms with Gasteiger partial charge in [0.15, 0.2) is 0 Å². The van der Waals surface area contributed by atoms with E-state index in [4.69, 9.17) is 10.8 Å². The fourth-order valence-corrected chi connectivity index (χ4v) is 1.12. The Hall–Kier alpha value is -3.55. The maximum Gasteiger partial charge on any atom is 0.324 e. The average molecular weight is 332 g/mol. The van der Waals surface area contributed by atoms with Crippen molar-refractivity contribution in [1.82, 2.24) is 5.48 Å². The van der Waals surface area contributed by atoms with Gasteiger partial charge >= 0.3 is 11.4 Å². The van der Waals surface area contributed by atoms with E-state index in [9.17, 15) is 30.3 Å². The molecule has 1 rings (SSSR count). The molecule has 0 radical (unpaired) electrons. The van der Waals surface area contributed by atoms with Crippen LogP contribution < -0.4 is 11.2 Å². The first kappa shape index (κ1) is 19.4. The molecule has 1 aromatic rings. The summed E-state index contributed by atoms with van der Waals surface area (Å²) in [5.41, 5.74) is 4.42. The van der Waals surface area contributed by atoms with Crippen LogP contribution in [0.4, 0.5) is 17.1 Å². The molecule has 0 unspecified atom stereocenters. The predicted octanol–water partition coefficient (Wildman–Crippen LogP) is 0.199. The molecule has 14 nitrogen and oxygen atoms in total. The van der Waals surface area contributed by atoms with E-state index in [0.29, 0.717) is 12.1 Å². The lowest BCUT2D eigenvalue weighted by molar-refractivity contribution is -0.404. The molecule has 0 aromatic heterocycles. The number of phenolic OH excluding ortho intramolecular Hbond substituents is 1. The first-order valence-corrected chi connectivity index (χ1v) is 5.47. The molecular weight excluding hydrogens is 320 g/mol. The normalized spacial score (nSPS) is 10.3. The number of non-ortho nitro benzene ring substituents is 1. The molecule has 0 amide bonds. The van der Waals surface area contributed by atoms with Crippen LogP contribution in [0.3, 0.4) is 0 Å². The maximum atomic E-state index is 10.4. The summed E-state index contributed by atoms with van der Waals surface area (Å²) >= 11 is 0. The molecule has 14 heteroatoms. The Kier molecular flexibility index (Phi) is 7.34. The van der Waals surface area contributed by atoms with Gasteiger partial charge in [0.2, 0.25) is 5.96 Å². The molecule has 0 bridgehead atoms. The van der Waals surface area contributed by atoms with E-state index < -0.39 is 37.6 Å². The minimum absolute atomic E-state index is 0.280. The Morgan fingerprint density at radius 2 is 1.61 bits per heavy atom. The van der Waals surface area contributed by atoms with E-state index >= 15 is 0 Å². The number of phenols is 1. The highest BCUT2D eigenvalue weighted by Crippen LogP contribution is 2.38. The Bertz CT molecular complexity index is 610. The number of hydrogen-bond donors (Lipinski definition) is 3. The van der Waals surface area contributed by atoms with Crippen molar-refractivity contribution >= 4 is 23.0 Å². The fourth-order valence-electron chi connectivity index (χ4n) is 1.12. The van der Waals surface area contributed by atoms with Crippen LogP contribution in [-0.4, -0.2) is 40.0 Å². The number of rotatable bonds is 4. The van der Waals surface area contributed by atoms with E-state index in [-0.39, 0.29) is 5.96 Å². The minimum atomic E-state index is -1.21. The molecule has 0 atom stereocenters. The summed E-state index contributed by atoms with van der Waals surface area (Å²) in [5, 5.41) is 40.2. The lowest BCUT2D eigenvalue weighted by Crippen LogP contribution is -2.30. The lowest BCUT2D eigenvalue weighted by Gasteiger charge is -1.97. The number of guanidine groups is 1. The summed E-state index contributed by atoms with van der Waals surface area (Å²) in [4.78, 5) is 35.7. The first-order valence-electron chi connectivity index (χ1n) is 5.47. The molecule has 0 aliphatic carbocycles. The summed E-state index contributed by atoms with van der Waals surface area (Å²) in [6, 6.07) is 0.894. The number of benzene rings is 1. The number of nitrogens with one attached hydrogen (secondary N) is 1. The van der Waals surface area contributed by atoms with Gasteiger partial charge in [-0.25, -0.2) is 5.48 Å². The van der Waals surface area contributed by atoms with Gasteiger partial charge in [0, 0.05) is 7.05 Å². The van der Waals surface area contributed by atoms with Crippen LogP contribution in [0.5, 0.6) is 5.75 Å². The number of nitrogens with zero attached hydrogens (tertiary/aromatic N) is 4. The van der Waals surface area contributed by atoms with Gasteiger partial charge in [-0.2, -0.15) is 0 Å². The van der Waals surface area contributed by atoms with Gasteiger partial charge in [-0.1, -0.05) is 0 Å². The number of nitro groups is 3. The molecule has 23 heavy (non-hydrogen) atoms. The van der Waals surface area contributed by atoms with E-state index in [1.807, 2.05) is 0 Å². The van der Waals surface area contributed by atoms with Crippen LogP contribution in [0.2, 0.25) is 0 Å². The molecule has 4 N–H and O–H groups in total. The van der Waals surface area contributed by atoms with Crippen LogP contribution in [-0.2, 0) is 4.84 Å². The average Bonchev–Trinajstić information content (AvgIpc) is 2.47. The van der Waals surface area contributed by atoms with Gasteiger partial charge in [0.05, 0.1) is 34.0 Å². The van der Waals surface area contributed by atoms with Crippen molar-refractivity contribution in [1.29, 1.82) is 0 Å². The molecule has 0 saturated carbocycles. The first-order chi connectivity index (χ1) is 10.6. The van der Waals surface area contributed by atoms with Crippen LogP contribution in [0.15, 0.2) is 17.1 Å². The Morgan fingerprint density at radius 3 is 1.83 bits per heavy atom. The van der Waals surface area contributed by atoms with Crippen molar-refractivity contribution in [2.75, 3.05) is 14.2 Å². The van der Waals surface area contributed by atoms with Gasteiger partial charge < -0.3 is 10.8 Å². The highest BCUT2D eigenvalue weighted by atomic mass is 16.6. The van der Waals surface area contributed by atoms with E-state index in [1.165, 1.54) is 7.11 Å². The van der Waals surface area contributed by atoms with Crippen LogP contribution in [0.1, 0.15) is 0 Å². The number of aliphatic imine (C=N–C) groups is 1. The van der Waals surface area contributed by atoms with Crippen molar-refractivity contribution in [3.8, 4) is 5.75 Å². The smallest absolute Gasteiger partial charge is 0.324 e. The summed E-state index contributed by atoms with van der Waals surface area (Å²) < 4.78 is 0. The summed E-state index contributed by atoms with van der Waals surface area (Å²) in [6.45, 7) is 0. The minimum Gasteiger partial charge on any atom is -0.497 e. The zero-order chi connectivity index (χ0) is 18.2. The van der Waals surface area contributed by atoms with Gasteiger partial charge in [-0.05, 0) is 0 Å². The molecule has 0 aliphatic rings. The van der Waals surface area contributed by atoms with Crippen LogP contribution in [0, 0.1) is 30.3 Å². The maximum absolute atomic E-state index is 10.4. The van der Waals surface area contributed by atoms with Crippen LogP contribution >= 0.6 is 0 Å². The second-order valence-electron chi connectivity index (χ2n) is 3.52. The Labute approximate surface area is 127 Å². The highest BCUT2D eigenvalue weighted by Gasteiger charge is 2.30. The second-order valence-corrected chi connectivity index (χ2v) is 3.52. The fraction of sp³-hybridized carbons (Fsp3) is 0.222. The molecular formula is C9H12N6O8. The van der Waals surface area contributed by atoms with Gasteiger partial charge in [0.1, 0.15) is 0 Å². The third-order valence-corrected chi connectivity index (χ3v) is 2.11. The zero-order valence-electron chi connectivity index (χ0n) is 11.8. The summed E-state index contributed by atoms with van der Waals surface area (Å²) in [7, 11) is 3.04. The largest absolute Gasteiger partial charge is 0.497 e. The zero-order valence-corrected chi connectivity index (χ0v) is 11.8. The second kappa shape index (κ2) is 8.67. The van der Waals surface area contributed by atoms with Crippen molar-refractivity contribution in [3.05, 3.63) is 42.5 Å². The van der Waals surface area contributed by atoms with Crippen molar-refractivity contribution in [3.63, 3.8) is 0 Å². The van der Waals surface area contributed by atoms with Crippen molar-refractivity contribution in [2.45, 2.75) is 0 Å². The standard InChI is InChI=1S/C6H3N3O7.C3H9N3O/c10-6-4(8(13)14)1-3(7(11)12)2-5(6)9(15)16;1-5-3(4)6-7-2/h1-2,10H;1-2H3,(H3,4,5,6). The van der Waals surface area contributed by atoms with Gasteiger partial charge in [0.25, 0.3) is 11.4 Å². The van der Waals surface area contributed by atoms with Crippen LogP contribution in [0.25, 0.3) is 0 Å². The highest BCUT2D eigenvalue weighted by molar-refractivity contribution is 5.76. The molecule has 0 fully saturated rings. The number of nitro benzene ring substituents is 3. The van der Waals surface area contributed by atoms with Gasteiger partial charge in [-0.15, -0.1) is 0 Å². The SMILES string of the molecule is CN=C(N)NOC.O=[N+]([O-])c1cc([N+](=O)[O-])c(O)c([N+](=O)[O-])c1. The number of hydrogen-bond acceptors (Lipinski definition) is 9. The van der Waals surface area contributed by atoms with Crippen molar-refractivity contribution in [2.24, 2.45) is 10.7 Å². The molecule has 0 saturated heterocycles. The molecule has 0 spiro atoms. The molecule has 0 aliphatic heterocycles. The predicted molar refractivity (Wildman–Crippen MR) is 75.8 cm³/mol. The third-order valence-electron chi connectivity index (χ3n) is 2.11. The third kappa shape index (κ3) is 5.76. The van der Waals surface area contributed by atoms with E-state index in [0.717, 1.165) is 0 Å². The Balaban J connectivity index is 0.000000585. The molecule has 126 valence electrons. The molecule has 1 aromatic carbocycles. The topological polar surface area (TPSA) is 209 Å². The molecule has 0 heterocycles. The summed E-state index contributed by atoms with van der Waals surface area (Å²) in [6.07, 6.45) is 0. The van der Waals surface area contributed by atoms with E-state index in [2.05, 4.69) is 15.3 Å². The Morgan fingerprint density at radius 1 is 1.17 bits per heavy atom. The number of hydroxylamine groups is 1. The van der Waals surface area contributed by atoms with E-state index in [1.54, 1.807) is 7.05 Å². The monoisotopic (exact) mass is 332 g/mol. The van der Waals surface area contributed by atoms with Crippen molar-refractivity contribution < 1.29 is 24.7 Å². The number of nitrogens with two attached hydrogens (primary N) is 1.